The Labute approximate surface area is 350 Å². The lowest BCUT2D eigenvalue weighted by molar-refractivity contribution is -0.261. The number of hydrogen-bond donors (Lipinski definition) is 12. The fraction of sp³-hybridized carbons (Fsp3) is 0.714. The molecule has 10 unspecified atom stereocenters. The van der Waals surface area contributed by atoms with Crippen LogP contribution in [0.2, 0.25) is 0 Å². The Bertz CT molecular complexity index is 2000. The van der Waals surface area contributed by atoms with E-state index in [2.05, 4.69) is 19.5 Å². The van der Waals surface area contributed by atoms with E-state index in [-0.39, 0.29) is 3.57 Å². The summed E-state index contributed by atoms with van der Waals surface area (Å²) in [6.45, 7) is 0.774. The van der Waals surface area contributed by atoms with Crippen LogP contribution < -0.4 is 21.9 Å². The Morgan fingerprint density at radius 2 is 1.62 bits per heavy atom. The van der Waals surface area contributed by atoms with Crippen molar-refractivity contribution in [2.24, 2.45) is 5.92 Å². The first-order valence-electron chi connectivity index (χ1n) is 17.3. The molecule has 0 bridgehead atoms. The van der Waals surface area contributed by atoms with Gasteiger partial charge in [-0.05, 0) is 42.9 Å². The van der Waals surface area contributed by atoms with Crippen LogP contribution in [0.5, 0.6) is 0 Å². The molecule has 2 aliphatic rings. The standard InChI is InChI=1S/C28H44IN4O24P3/c1-10(23(41)31-12(3)58(46,47)9-13(26(43)44)4-5-17(36)37)53-22-18(30-11(2)35)27(55-15(7-34)20(22)39)56-60(50,51)57-59(48,49)52-8-16-19(38)21(40)25(54-16)33-6-14(29)24(42)32-28(33)45/h6,10,12-13,15-16,18-22,25,27,34,38-40H,4-5,7-9H2,1-3H3,(H,30,35)(H,31,41)(H,36,37)(H,43,44)(H,46,47)(H,48,49)(H,50,51)(H,32,42,45)/t10-,12-,13?,15?,16-,18?,19-,20?,21-,22?,25?,27?/m1/s1. The van der Waals surface area contributed by atoms with E-state index in [0.29, 0.717) is 4.57 Å². The van der Waals surface area contributed by atoms with Crippen molar-refractivity contribution in [2.45, 2.75) is 101 Å². The topological polar surface area (TPSA) is 436 Å². The lowest BCUT2D eigenvalue weighted by Gasteiger charge is -2.44. The molecular weight excluding hydrogens is 996 g/mol. The van der Waals surface area contributed by atoms with Crippen molar-refractivity contribution in [2.75, 3.05) is 19.4 Å². The second-order valence-electron chi connectivity index (χ2n) is 13.4. The number of carboxylic acid groups (broad SMARTS) is 2. The fourth-order valence-corrected chi connectivity index (χ4v) is 9.93. The van der Waals surface area contributed by atoms with E-state index in [9.17, 15) is 82.7 Å². The summed E-state index contributed by atoms with van der Waals surface area (Å²) < 4.78 is 69.7. The quantitative estimate of drug-likeness (QED) is 0.0423. The number of rotatable bonds is 21. The Hall–Kier alpha value is -2.54. The number of amides is 2. The van der Waals surface area contributed by atoms with Crippen molar-refractivity contribution in [3.05, 3.63) is 30.6 Å². The number of carbonyl (C=O) groups is 4. The van der Waals surface area contributed by atoms with Crippen molar-refractivity contribution < 1.29 is 106 Å². The van der Waals surface area contributed by atoms with Gasteiger partial charge in [-0.3, -0.25) is 47.1 Å². The first-order valence-corrected chi connectivity index (χ1v) is 23.2. The molecule has 2 aliphatic heterocycles. The Morgan fingerprint density at radius 3 is 2.18 bits per heavy atom. The Balaban J connectivity index is 1.73. The molecule has 2 amide bonds. The van der Waals surface area contributed by atoms with Gasteiger partial charge in [-0.25, -0.2) is 13.9 Å². The van der Waals surface area contributed by atoms with Crippen molar-refractivity contribution in [3.63, 3.8) is 0 Å². The number of aromatic nitrogens is 2. The number of phosphoric acid groups is 2. The minimum absolute atomic E-state index is 0.0207. The summed E-state index contributed by atoms with van der Waals surface area (Å²) in [5.74, 6) is -8.25. The number of nitrogens with zero attached hydrogens (tertiary/aromatic N) is 1. The number of aliphatic carboxylic acids is 2. The third kappa shape index (κ3) is 14.0. The molecule has 2 fully saturated rings. The number of phosphoric ester groups is 2. The molecule has 342 valence electrons. The molecule has 0 aromatic carbocycles. The van der Waals surface area contributed by atoms with Crippen LogP contribution in [0.3, 0.4) is 0 Å². The van der Waals surface area contributed by atoms with E-state index in [0.717, 1.165) is 27.0 Å². The van der Waals surface area contributed by atoms with Gasteiger partial charge in [0.05, 0.1) is 22.7 Å². The molecule has 0 aliphatic carbocycles. The molecule has 32 heteroatoms. The lowest BCUT2D eigenvalue weighted by Crippen LogP contribution is -2.66. The highest BCUT2D eigenvalue weighted by atomic mass is 127. The molecule has 1 aromatic heterocycles. The van der Waals surface area contributed by atoms with Crippen LogP contribution >= 0.6 is 45.6 Å². The summed E-state index contributed by atoms with van der Waals surface area (Å²) >= 11 is 1.57. The number of aliphatic hydroxyl groups excluding tert-OH is 4. The average molecular weight is 1040 g/mol. The molecule has 1 aromatic rings. The number of carbonyl (C=O) groups excluding carboxylic acids is 2. The molecule has 60 heavy (non-hydrogen) atoms. The summed E-state index contributed by atoms with van der Waals surface area (Å²) in [6.07, 6.45) is -17.9. The van der Waals surface area contributed by atoms with Gasteiger partial charge in [0, 0.05) is 25.7 Å². The summed E-state index contributed by atoms with van der Waals surface area (Å²) in [6, 6.07) is -1.91. The summed E-state index contributed by atoms with van der Waals surface area (Å²) in [5, 5.41) is 64.3. The third-order valence-electron chi connectivity index (χ3n) is 8.83. The van der Waals surface area contributed by atoms with Crippen molar-refractivity contribution in [3.8, 4) is 0 Å². The number of H-pyrrole nitrogens is 1. The van der Waals surface area contributed by atoms with Gasteiger partial charge in [-0.1, -0.05) is 0 Å². The lowest BCUT2D eigenvalue weighted by atomic mass is 9.96. The van der Waals surface area contributed by atoms with Gasteiger partial charge in [0.2, 0.25) is 19.2 Å². The summed E-state index contributed by atoms with van der Waals surface area (Å²) in [4.78, 5) is 105. The molecule has 15 atom stereocenters. The third-order valence-corrected chi connectivity index (χ3v) is 14.5. The van der Waals surface area contributed by atoms with Crippen LogP contribution in [-0.4, -0.2) is 159 Å². The Kier molecular flexibility index (Phi) is 18.3. The van der Waals surface area contributed by atoms with Crippen LogP contribution in [0.25, 0.3) is 0 Å². The van der Waals surface area contributed by atoms with Gasteiger partial charge < -0.3 is 70.2 Å². The minimum Gasteiger partial charge on any atom is -0.481 e. The van der Waals surface area contributed by atoms with E-state index in [1.165, 1.54) is 0 Å². The van der Waals surface area contributed by atoms with E-state index in [4.69, 9.17) is 23.8 Å². The van der Waals surface area contributed by atoms with Crippen molar-refractivity contribution in [1.82, 2.24) is 20.2 Å². The largest absolute Gasteiger partial charge is 0.483 e. The monoisotopic (exact) mass is 1040 g/mol. The van der Waals surface area contributed by atoms with E-state index < -0.39 is 163 Å². The second kappa shape index (κ2) is 21.2. The van der Waals surface area contributed by atoms with Gasteiger partial charge in [-0.15, -0.1) is 0 Å². The zero-order valence-corrected chi connectivity index (χ0v) is 36.2. The van der Waals surface area contributed by atoms with E-state index in [1.54, 1.807) is 22.6 Å². The summed E-state index contributed by atoms with van der Waals surface area (Å²) in [7, 11) is -16.2. The highest BCUT2D eigenvalue weighted by Gasteiger charge is 2.52. The first-order chi connectivity index (χ1) is 27.6. The SMILES string of the molecule is CC(=O)NC1C(OP(=O)(O)OP(=O)(O)OC[C@H]2OC(n3cc(I)c(=O)[nH]c3=O)[C@H](O)[C@@H]2O)OC(CO)C(O)C1O[C@H](C)C(=O)N[C@@H](C)P(=O)(O)CC(CCC(=O)O)C(=O)O. The molecule has 0 radical (unpaired) electrons. The molecule has 3 rings (SSSR count). The maximum Gasteiger partial charge on any atom is 0.483 e. The van der Waals surface area contributed by atoms with Gasteiger partial charge >= 0.3 is 33.3 Å². The highest BCUT2D eigenvalue weighted by molar-refractivity contribution is 14.1. The normalized spacial score (nSPS) is 30.1. The van der Waals surface area contributed by atoms with Crippen molar-refractivity contribution >= 4 is 69.4 Å². The molecule has 3 heterocycles. The average Bonchev–Trinajstić information content (AvgIpc) is 3.40. The molecule has 0 spiro atoms. The van der Waals surface area contributed by atoms with Crippen LogP contribution in [0, 0.1) is 9.49 Å². The van der Waals surface area contributed by atoms with Gasteiger partial charge in [0.25, 0.3) is 5.56 Å². The molecule has 2 saturated heterocycles. The number of halogens is 1. The highest BCUT2D eigenvalue weighted by Crippen LogP contribution is 2.61. The molecular formula is C28H44IN4O24P3. The van der Waals surface area contributed by atoms with Gasteiger partial charge in [-0.2, -0.15) is 4.31 Å². The zero-order chi connectivity index (χ0) is 45.7. The van der Waals surface area contributed by atoms with Crippen molar-refractivity contribution in [1.29, 1.82) is 0 Å². The van der Waals surface area contributed by atoms with Crippen LogP contribution in [-0.2, 0) is 60.4 Å². The molecule has 28 nitrogen and oxygen atoms in total. The van der Waals surface area contributed by atoms with Gasteiger partial charge in [0.1, 0.15) is 54.6 Å². The maximum absolute atomic E-state index is 13.1. The zero-order valence-electron chi connectivity index (χ0n) is 31.4. The van der Waals surface area contributed by atoms with Gasteiger partial charge in [0.15, 0.2) is 12.5 Å². The molecule has 0 saturated carbocycles. The number of hydrogen-bond acceptors (Lipinski definition) is 19. The predicted octanol–water partition coefficient (Wildman–Crippen LogP) is -3.33. The second-order valence-corrected chi connectivity index (χ2v) is 20.2. The fourth-order valence-electron chi connectivity index (χ4n) is 5.71. The Morgan fingerprint density at radius 1 is 0.983 bits per heavy atom. The number of aromatic amines is 1. The van der Waals surface area contributed by atoms with Crippen LogP contribution in [0.4, 0.5) is 0 Å². The smallest absolute Gasteiger partial charge is 0.481 e. The number of carboxylic acids is 2. The molecule has 12 N–H and O–H groups in total. The summed E-state index contributed by atoms with van der Waals surface area (Å²) in [5.41, 5.74) is -1.82. The van der Waals surface area contributed by atoms with Crippen LogP contribution in [0.15, 0.2) is 15.8 Å². The predicted molar refractivity (Wildman–Crippen MR) is 202 cm³/mol. The van der Waals surface area contributed by atoms with E-state index >= 15 is 0 Å². The number of nitrogens with one attached hydrogen (secondary N) is 3. The van der Waals surface area contributed by atoms with E-state index in [1.807, 2.05) is 4.98 Å². The van der Waals surface area contributed by atoms with Crippen LogP contribution in [0.1, 0.15) is 39.8 Å². The number of ether oxygens (including phenoxy) is 3. The maximum atomic E-state index is 13.1. The minimum atomic E-state index is -5.91. The first kappa shape index (κ1) is 51.8. The number of aliphatic hydroxyl groups is 4.